The number of nitrogens with one attached hydrogen (secondary N) is 2. The number of aromatic nitrogens is 2. The number of rotatable bonds is 9. The number of nitrogens with zero attached hydrogens (tertiary/aromatic N) is 4. The molecule has 2 heterocycles. The normalized spacial score (nSPS) is 19.0. The zero-order chi connectivity index (χ0) is 30.9. The molecule has 2 aromatic carbocycles. The highest BCUT2D eigenvalue weighted by molar-refractivity contribution is 5.57. The standard InChI is InChI=1S/C32H35F3N6O3/c33-32(34,35)44-29-7-3-2-6-25(29)21-37-31-38-22-26(13-8-23-9-16-28(17-10-23)41(42)43)30(39-31)36-20-24-11-14-27(15-12-24)40-18-4-1-5-19-40/h2-3,6-7,9-10,16-17,22,24,27H,1,4-5,11-12,14-15,18-21H2,(H2,36,37,38,39). The van der Waals surface area contributed by atoms with Crippen molar-refractivity contribution in [2.24, 2.45) is 5.92 Å². The number of ether oxygens (including phenoxy) is 1. The Morgan fingerprint density at radius 2 is 1.70 bits per heavy atom. The van der Waals surface area contributed by atoms with Crippen molar-refractivity contribution in [3.05, 3.63) is 81.5 Å². The summed E-state index contributed by atoms with van der Waals surface area (Å²) in [5, 5.41) is 17.4. The highest BCUT2D eigenvalue weighted by Gasteiger charge is 2.32. The molecule has 2 fully saturated rings. The number of alkyl halides is 3. The van der Waals surface area contributed by atoms with Crippen molar-refractivity contribution in [3.63, 3.8) is 0 Å². The molecule has 3 aromatic rings. The first kappa shape index (κ1) is 31.1. The number of likely N-dealkylation sites (tertiary alicyclic amines) is 1. The number of hydrogen-bond acceptors (Lipinski definition) is 8. The Bertz CT molecular complexity index is 1480. The molecule has 1 saturated heterocycles. The summed E-state index contributed by atoms with van der Waals surface area (Å²) in [6.45, 7) is 3.12. The lowest BCUT2D eigenvalue weighted by Gasteiger charge is -2.39. The lowest BCUT2D eigenvalue weighted by Crippen LogP contribution is -2.41. The third-order valence-corrected chi connectivity index (χ3v) is 8.13. The van der Waals surface area contributed by atoms with Crippen molar-refractivity contribution in [1.82, 2.24) is 14.9 Å². The zero-order valence-corrected chi connectivity index (χ0v) is 24.3. The Kier molecular flexibility index (Phi) is 10.2. The summed E-state index contributed by atoms with van der Waals surface area (Å²) in [6.07, 6.45) is 5.24. The molecule has 0 unspecified atom stereocenters. The van der Waals surface area contributed by atoms with Crippen LogP contribution in [0.5, 0.6) is 5.75 Å². The summed E-state index contributed by atoms with van der Waals surface area (Å²) >= 11 is 0. The van der Waals surface area contributed by atoms with Crippen LogP contribution in [0.4, 0.5) is 30.6 Å². The second-order valence-corrected chi connectivity index (χ2v) is 11.2. The molecule has 0 atom stereocenters. The zero-order valence-electron chi connectivity index (χ0n) is 24.3. The van der Waals surface area contributed by atoms with E-state index in [0.29, 0.717) is 41.0 Å². The molecular weight excluding hydrogens is 573 g/mol. The van der Waals surface area contributed by atoms with Gasteiger partial charge in [-0.25, -0.2) is 4.98 Å². The van der Waals surface area contributed by atoms with Crippen LogP contribution in [-0.2, 0) is 6.54 Å². The first-order valence-electron chi connectivity index (χ1n) is 14.9. The van der Waals surface area contributed by atoms with Crippen molar-refractivity contribution in [2.45, 2.75) is 63.9 Å². The maximum Gasteiger partial charge on any atom is 0.573 e. The average Bonchev–Trinajstić information content (AvgIpc) is 3.03. The number of nitro groups is 1. The van der Waals surface area contributed by atoms with E-state index in [1.165, 1.54) is 75.5 Å². The topological polar surface area (TPSA) is 105 Å². The van der Waals surface area contributed by atoms with E-state index in [1.54, 1.807) is 24.4 Å². The maximum absolute atomic E-state index is 12.9. The number of piperidine rings is 1. The Morgan fingerprint density at radius 1 is 0.977 bits per heavy atom. The summed E-state index contributed by atoms with van der Waals surface area (Å²) in [5.74, 6) is 6.99. The van der Waals surface area contributed by atoms with Crippen molar-refractivity contribution < 1.29 is 22.8 Å². The third kappa shape index (κ3) is 8.83. The number of anilines is 2. The summed E-state index contributed by atoms with van der Waals surface area (Å²) in [7, 11) is 0. The molecule has 12 heteroatoms. The van der Waals surface area contributed by atoms with Gasteiger partial charge >= 0.3 is 6.36 Å². The van der Waals surface area contributed by atoms with E-state index in [9.17, 15) is 23.3 Å². The van der Waals surface area contributed by atoms with Crippen LogP contribution in [0, 0.1) is 27.9 Å². The molecule has 0 radical (unpaired) electrons. The molecule has 2 aliphatic rings. The van der Waals surface area contributed by atoms with E-state index >= 15 is 0 Å². The number of halogens is 3. The van der Waals surface area contributed by atoms with E-state index in [2.05, 4.69) is 42.1 Å². The largest absolute Gasteiger partial charge is 0.573 e. The van der Waals surface area contributed by atoms with E-state index in [0.717, 1.165) is 12.8 Å². The van der Waals surface area contributed by atoms with Crippen LogP contribution in [0.25, 0.3) is 0 Å². The summed E-state index contributed by atoms with van der Waals surface area (Å²) in [4.78, 5) is 22.1. The molecule has 1 aromatic heterocycles. The van der Waals surface area contributed by atoms with Gasteiger partial charge in [0.25, 0.3) is 5.69 Å². The predicted molar refractivity (Wildman–Crippen MR) is 161 cm³/mol. The number of para-hydroxylation sites is 1. The Hall–Kier alpha value is -4.37. The highest BCUT2D eigenvalue weighted by Crippen LogP contribution is 2.30. The smallest absolute Gasteiger partial charge is 0.405 e. The van der Waals surface area contributed by atoms with Gasteiger partial charge in [0.1, 0.15) is 11.6 Å². The lowest BCUT2D eigenvalue weighted by atomic mass is 9.84. The predicted octanol–water partition coefficient (Wildman–Crippen LogP) is 6.75. The van der Waals surface area contributed by atoms with Gasteiger partial charge in [0.15, 0.2) is 0 Å². The van der Waals surface area contributed by atoms with Crippen LogP contribution in [0.15, 0.2) is 54.7 Å². The number of benzene rings is 2. The Balaban J connectivity index is 1.29. The van der Waals surface area contributed by atoms with Crippen molar-refractivity contribution >= 4 is 17.5 Å². The molecule has 232 valence electrons. The summed E-state index contributed by atoms with van der Waals surface area (Å²) in [6, 6.07) is 12.5. The van der Waals surface area contributed by atoms with Crippen molar-refractivity contribution in [1.29, 1.82) is 0 Å². The van der Waals surface area contributed by atoms with Crippen molar-refractivity contribution in [2.75, 3.05) is 30.3 Å². The lowest BCUT2D eigenvalue weighted by molar-refractivity contribution is -0.384. The van der Waals surface area contributed by atoms with E-state index in [-0.39, 0.29) is 23.9 Å². The van der Waals surface area contributed by atoms with Gasteiger partial charge in [0.2, 0.25) is 5.95 Å². The summed E-state index contributed by atoms with van der Waals surface area (Å²) < 4.78 is 42.8. The van der Waals surface area contributed by atoms with Crippen molar-refractivity contribution in [3.8, 4) is 17.6 Å². The fourth-order valence-electron chi connectivity index (χ4n) is 5.79. The van der Waals surface area contributed by atoms with Gasteiger partial charge in [-0.05, 0) is 75.7 Å². The molecule has 0 bridgehead atoms. The summed E-state index contributed by atoms with van der Waals surface area (Å²) in [5.41, 5.74) is 1.42. The molecular formula is C32H35F3N6O3. The first-order chi connectivity index (χ1) is 21.2. The molecule has 2 N–H and O–H groups in total. The Morgan fingerprint density at radius 3 is 2.41 bits per heavy atom. The van der Waals surface area contributed by atoms with Crippen LogP contribution in [0.3, 0.4) is 0 Å². The minimum atomic E-state index is -4.80. The minimum Gasteiger partial charge on any atom is -0.405 e. The number of nitro benzene ring substituents is 1. The third-order valence-electron chi connectivity index (χ3n) is 8.13. The van der Waals surface area contributed by atoms with Gasteiger partial charge in [0.05, 0.1) is 16.7 Å². The maximum atomic E-state index is 12.9. The minimum absolute atomic E-state index is 0.0139. The van der Waals surface area contributed by atoms with Crippen LogP contribution in [0.2, 0.25) is 0 Å². The van der Waals surface area contributed by atoms with Gasteiger partial charge in [-0.3, -0.25) is 10.1 Å². The molecule has 1 aliphatic heterocycles. The fourth-order valence-corrected chi connectivity index (χ4v) is 5.79. The van der Waals surface area contributed by atoms with Crippen LogP contribution in [-0.4, -0.2) is 51.8 Å². The van der Waals surface area contributed by atoms with Crippen LogP contribution >= 0.6 is 0 Å². The molecule has 1 saturated carbocycles. The fraction of sp³-hybridized carbons (Fsp3) is 0.438. The average molecular weight is 609 g/mol. The van der Waals surface area contributed by atoms with E-state index in [1.807, 2.05) is 0 Å². The second-order valence-electron chi connectivity index (χ2n) is 11.2. The number of hydrogen-bond donors (Lipinski definition) is 2. The highest BCUT2D eigenvalue weighted by atomic mass is 19.4. The van der Waals surface area contributed by atoms with Gasteiger partial charge in [-0.15, -0.1) is 13.2 Å². The molecule has 5 rings (SSSR count). The molecule has 1 aliphatic carbocycles. The second kappa shape index (κ2) is 14.4. The molecule has 9 nitrogen and oxygen atoms in total. The van der Waals surface area contributed by atoms with Crippen LogP contribution < -0.4 is 15.4 Å². The molecule has 44 heavy (non-hydrogen) atoms. The van der Waals surface area contributed by atoms with Gasteiger partial charge in [-0.2, -0.15) is 4.98 Å². The molecule has 0 spiro atoms. The van der Waals surface area contributed by atoms with Gasteiger partial charge in [0, 0.05) is 42.4 Å². The molecule has 0 amide bonds. The SMILES string of the molecule is O=[N+]([O-])c1ccc(C#Cc2cnc(NCc3ccccc3OC(F)(F)F)nc2NCC2CCC(N3CCCCC3)CC2)cc1. The van der Waals surface area contributed by atoms with E-state index < -0.39 is 11.3 Å². The Labute approximate surface area is 254 Å². The van der Waals surface area contributed by atoms with E-state index in [4.69, 9.17) is 0 Å². The van der Waals surface area contributed by atoms with Crippen LogP contribution in [0.1, 0.15) is 61.6 Å². The monoisotopic (exact) mass is 608 g/mol. The quantitative estimate of drug-likeness (QED) is 0.156. The van der Waals surface area contributed by atoms with Gasteiger partial charge in [-0.1, -0.05) is 36.5 Å². The first-order valence-corrected chi connectivity index (χ1v) is 14.9. The van der Waals surface area contributed by atoms with Gasteiger partial charge < -0.3 is 20.3 Å². The number of non-ortho nitro benzene ring substituents is 1.